The Morgan fingerprint density at radius 2 is 2.28 bits per heavy atom. The molecule has 0 aromatic carbocycles. The summed E-state index contributed by atoms with van der Waals surface area (Å²) in [5.41, 5.74) is 5.66. The van der Waals surface area contributed by atoms with Crippen LogP contribution in [0, 0.1) is 0 Å². The average Bonchev–Trinajstić information content (AvgIpc) is 2.88. The molecular formula is C10H15N7S. The number of rotatable bonds is 6. The van der Waals surface area contributed by atoms with Crippen LogP contribution in [0.1, 0.15) is 6.42 Å². The topological polar surface area (TPSA) is 94.5 Å². The number of aromatic nitrogens is 5. The van der Waals surface area contributed by atoms with Crippen molar-refractivity contribution in [3.63, 3.8) is 0 Å². The number of imidazole rings is 1. The number of nitrogens with two attached hydrogens (primary N) is 1. The van der Waals surface area contributed by atoms with Gasteiger partial charge in [0.2, 0.25) is 17.8 Å². The fourth-order valence-electron chi connectivity index (χ4n) is 1.37. The molecule has 0 amide bonds. The van der Waals surface area contributed by atoms with Gasteiger partial charge in [-0.15, -0.1) is 0 Å². The van der Waals surface area contributed by atoms with E-state index in [0.29, 0.717) is 11.9 Å². The van der Waals surface area contributed by atoms with Crippen molar-refractivity contribution in [3.8, 4) is 5.95 Å². The van der Waals surface area contributed by atoms with Crippen molar-refractivity contribution in [1.29, 1.82) is 0 Å². The second kappa shape index (κ2) is 6.20. The van der Waals surface area contributed by atoms with Crippen LogP contribution in [0.3, 0.4) is 0 Å². The van der Waals surface area contributed by atoms with E-state index in [1.807, 2.05) is 11.8 Å². The summed E-state index contributed by atoms with van der Waals surface area (Å²) in [5, 5.41) is 3.13. The molecule has 0 unspecified atom stereocenters. The van der Waals surface area contributed by atoms with Crippen LogP contribution in [-0.2, 0) is 0 Å². The van der Waals surface area contributed by atoms with Crippen LogP contribution in [0.25, 0.3) is 5.95 Å². The second-order valence-electron chi connectivity index (χ2n) is 3.56. The zero-order chi connectivity index (χ0) is 12.8. The van der Waals surface area contributed by atoms with Gasteiger partial charge in [0.1, 0.15) is 6.33 Å². The maximum atomic E-state index is 5.66. The molecule has 0 saturated carbocycles. The van der Waals surface area contributed by atoms with Gasteiger partial charge < -0.3 is 11.1 Å². The van der Waals surface area contributed by atoms with E-state index in [1.54, 1.807) is 23.3 Å². The quantitative estimate of drug-likeness (QED) is 0.746. The Morgan fingerprint density at radius 1 is 1.39 bits per heavy atom. The van der Waals surface area contributed by atoms with Gasteiger partial charge in [0.15, 0.2) is 0 Å². The van der Waals surface area contributed by atoms with Crippen molar-refractivity contribution < 1.29 is 0 Å². The predicted molar refractivity (Wildman–Crippen MR) is 72.9 cm³/mol. The van der Waals surface area contributed by atoms with Crippen LogP contribution in [0.4, 0.5) is 11.9 Å². The first-order valence-electron chi connectivity index (χ1n) is 5.52. The minimum Gasteiger partial charge on any atom is -0.368 e. The molecule has 0 atom stereocenters. The minimum absolute atomic E-state index is 0.195. The molecule has 3 N–H and O–H groups in total. The molecule has 0 radical (unpaired) electrons. The van der Waals surface area contributed by atoms with Crippen LogP contribution in [-0.4, -0.2) is 43.1 Å². The van der Waals surface area contributed by atoms with Gasteiger partial charge in [-0.1, -0.05) is 0 Å². The highest BCUT2D eigenvalue weighted by atomic mass is 32.2. The van der Waals surface area contributed by atoms with Crippen molar-refractivity contribution >= 4 is 23.7 Å². The van der Waals surface area contributed by atoms with E-state index in [0.717, 1.165) is 18.7 Å². The van der Waals surface area contributed by atoms with Crippen molar-refractivity contribution in [2.45, 2.75) is 6.42 Å². The predicted octanol–water partition coefficient (Wildman–Crippen LogP) is 0.804. The Bertz CT molecular complexity index is 485. The normalized spacial score (nSPS) is 10.5. The summed E-state index contributed by atoms with van der Waals surface area (Å²) in [5.74, 6) is 2.25. The van der Waals surface area contributed by atoms with E-state index in [-0.39, 0.29) is 5.95 Å². The highest BCUT2D eigenvalue weighted by molar-refractivity contribution is 7.98. The summed E-state index contributed by atoms with van der Waals surface area (Å²) in [4.78, 5) is 16.3. The molecular weight excluding hydrogens is 250 g/mol. The first-order valence-corrected chi connectivity index (χ1v) is 6.91. The highest BCUT2D eigenvalue weighted by Crippen LogP contribution is 2.07. The summed E-state index contributed by atoms with van der Waals surface area (Å²) < 4.78 is 1.69. The third-order valence-corrected chi connectivity index (χ3v) is 2.88. The maximum absolute atomic E-state index is 5.66. The molecule has 0 spiro atoms. The molecule has 0 saturated heterocycles. The standard InChI is InChI=1S/C10H15N7S/c1-18-6-2-3-13-9-14-8(11)15-10(16-9)17-5-4-12-7-17/h4-5,7H,2-3,6H2,1H3,(H3,11,13,14,15,16). The van der Waals surface area contributed by atoms with Gasteiger partial charge in [-0.05, 0) is 18.4 Å². The molecule has 2 aromatic heterocycles. The van der Waals surface area contributed by atoms with Crippen molar-refractivity contribution in [3.05, 3.63) is 18.7 Å². The summed E-state index contributed by atoms with van der Waals surface area (Å²) in [7, 11) is 0. The molecule has 0 aliphatic carbocycles. The van der Waals surface area contributed by atoms with Gasteiger partial charge in [0.25, 0.3) is 0 Å². The molecule has 2 rings (SSSR count). The van der Waals surface area contributed by atoms with Crippen LogP contribution in [0.2, 0.25) is 0 Å². The fraction of sp³-hybridized carbons (Fsp3) is 0.400. The number of nitrogens with one attached hydrogen (secondary N) is 1. The molecule has 96 valence electrons. The van der Waals surface area contributed by atoms with E-state index in [9.17, 15) is 0 Å². The zero-order valence-corrected chi connectivity index (χ0v) is 10.9. The maximum Gasteiger partial charge on any atom is 0.241 e. The van der Waals surface area contributed by atoms with Crippen LogP contribution >= 0.6 is 11.8 Å². The Labute approximate surface area is 109 Å². The van der Waals surface area contributed by atoms with E-state index < -0.39 is 0 Å². The molecule has 18 heavy (non-hydrogen) atoms. The first-order chi connectivity index (χ1) is 8.79. The van der Waals surface area contributed by atoms with Gasteiger partial charge in [-0.2, -0.15) is 26.7 Å². The Kier molecular flexibility index (Phi) is 4.35. The number of nitrogens with zero attached hydrogens (tertiary/aromatic N) is 5. The van der Waals surface area contributed by atoms with E-state index in [4.69, 9.17) is 5.73 Å². The van der Waals surface area contributed by atoms with E-state index >= 15 is 0 Å². The lowest BCUT2D eigenvalue weighted by atomic mass is 10.5. The lowest BCUT2D eigenvalue weighted by molar-refractivity contribution is 0.887. The third-order valence-electron chi connectivity index (χ3n) is 2.18. The molecule has 2 heterocycles. The molecule has 2 aromatic rings. The Balaban J connectivity index is 2.07. The van der Waals surface area contributed by atoms with E-state index in [2.05, 4.69) is 31.5 Å². The van der Waals surface area contributed by atoms with Crippen LogP contribution in [0.15, 0.2) is 18.7 Å². The average molecular weight is 265 g/mol. The highest BCUT2D eigenvalue weighted by Gasteiger charge is 2.05. The van der Waals surface area contributed by atoms with Gasteiger partial charge in [0, 0.05) is 18.9 Å². The summed E-state index contributed by atoms with van der Waals surface area (Å²) in [6.45, 7) is 0.813. The van der Waals surface area contributed by atoms with Gasteiger partial charge in [-0.25, -0.2) is 4.98 Å². The van der Waals surface area contributed by atoms with Gasteiger partial charge >= 0.3 is 0 Å². The third kappa shape index (κ3) is 3.33. The summed E-state index contributed by atoms with van der Waals surface area (Å²) in [6.07, 6.45) is 8.16. The molecule has 0 aliphatic heterocycles. The number of hydrogen-bond acceptors (Lipinski definition) is 7. The van der Waals surface area contributed by atoms with Crippen molar-refractivity contribution in [1.82, 2.24) is 24.5 Å². The number of thioether (sulfide) groups is 1. The molecule has 0 aliphatic rings. The number of anilines is 2. The van der Waals surface area contributed by atoms with Gasteiger partial charge in [-0.3, -0.25) is 4.57 Å². The van der Waals surface area contributed by atoms with E-state index in [1.165, 1.54) is 0 Å². The largest absolute Gasteiger partial charge is 0.368 e. The molecule has 8 heteroatoms. The molecule has 0 fully saturated rings. The molecule has 0 bridgehead atoms. The smallest absolute Gasteiger partial charge is 0.241 e. The van der Waals surface area contributed by atoms with Crippen LogP contribution in [0.5, 0.6) is 0 Å². The number of hydrogen-bond donors (Lipinski definition) is 2. The zero-order valence-electron chi connectivity index (χ0n) is 10.1. The number of nitrogen functional groups attached to an aromatic ring is 1. The Morgan fingerprint density at radius 3 is 3.00 bits per heavy atom. The monoisotopic (exact) mass is 265 g/mol. The second-order valence-corrected chi connectivity index (χ2v) is 4.55. The van der Waals surface area contributed by atoms with Crippen LogP contribution < -0.4 is 11.1 Å². The Hall–Kier alpha value is -1.83. The first kappa shape index (κ1) is 12.6. The minimum atomic E-state index is 0.195. The fourth-order valence-corrected chi connectivity index (χ4v) is 1.80. The van der Waals surface area contributed by atoms with Gasteiger partial charge in [0.05, 0.1) is 0 Å². The lowest BCUT2D eigenvalue weighted by Gasteiger charge is -2.06. The SMILES string of the molecule is CSCCCNc1nc(N)nc(-n2ccnc2)n1. The van der Waals surface area contributed by atoms with Crippen molar-refractivity contribution in [2.24, 2.45) is 0 Å². The summed E-state index contributed by atoms with van der Waals surface area (Å²) >= 11 is 1.81. The summed E-state index contributed by atoms with van der Waals surface area (Å²) in [6, 6.07) is 0. The molecule has 7 nitrogen and oxygen atoms in total. The van der Waals surface area contributed by atoms with Crippen molar-refractivity contribution in [2.75, 3.05) is 29.6 Å². The lowest BCUT2D eigenvalue weighted by Crippen LogP contribution is -2.11.